The first-order valence-corrected chi connectivity index (χ1v) is 7.91. The number of alkyl halides is 3. The van der Waals surface area contributed by atoms with Crippen LogP contribution in [0.25, 0.3) is 11.4 Å². The maximum Gasteiger partial charge on any atom is 0.471 e. The smallest absolute Gasteiger partial charge is 0.471 e. The summed E-state index contributed by atoms with van der Waals surface area (Å²) in [5, 5.41) is 6.03. The van der Waals surface area contributed by atoms with Crippen LogP contribution in [0.3, 0.4) is 0 Å². The highest BCUT2D eigenvalue weighted by molar-refractivity contribution is 5.94. The van der Waals surface area contributed by atoms with Crippen LogP contribution in [0, 0.1) is 0 Å². The molecule has 9 heteroatoms. The van der Waals surface area contributed by atoms with Gasteiger partial charge >= 0.3 is 12.1 Å². The van der Waals surface area contributed by atoms with Gasteiger partial charge in [-0.3, -0.25) is 4.79 Å². The molecule has 0 spiro atoms. The van der Waals surface area contributed by atoms with E-state index in [2.05, 4.69) is 20.0 Å². The highest BCUT2D eigenvalue weighted by Gasteiger charge is 2.38. The Balaban J connectivity index is 1.49. The second-order valence-corrected chi connectivity index (χ2v) is 5.42. The minimum Gasteiger partial charge on any atom is -0.492 e. The topological polar surface area (TPSA) is 77.2 Å². The second kappa shape index (κ2) is 7.90. The second-order valence-electron chi connectivity index (χ2n) is 5.42. The van der Waals surface area contributed by atoms with Gasteiger partial charge in [0, 0.05) is 11.1 Å². The number of carbonyl (C=O) groups excluding carboxylic acids is 1. The molecule has 0 atom stereocenters. The van der Waals surface area contributed by atoms with Crippen LogP contribution in [0.4, 0.5) is 13.2 Å². The third-order valence-corrected chi connectivity index (χ3v) is 3.47. The van der Waals surface area contributed by atoms with E-state index in [0.717, 1.165) is 0 Å². The Morgan fingerprint density at radius 3 is 2.41 bits per heavy atom. The molecule has 140 valence electrons. The Labute approximate surface area is 152 Å². The zero-order chi connectivity index (χ0) is 19.3. The van der Waals surface area contributed by atoms with Gasteiger partial charge in [0.05, 0.1) is 6.54 Å². The summed E-state index contributed by atoms with van der Waals surface area (Å²) in [5.41, 5.74) is 0.916. The molecule has 0 aliphatic carbocycles. The summed E-state index contributed by atoms with van der Waals surface area (Å²) in [6.07, 6.45) is -4.68. The van der Waals surface area contributed by atoms with E-state index in [-0.39, 0.29) is 18.3 Å². The van der Waals surface area contributed by atoms with Gasteiger partial charge in [-0.05, 0) is 36.4 Å². The lowest BCUT2D eigenvalue weighted by atomic mass is 10.2. The maximum atomic E-state index is 12.5. The van der Waals surface area contributed by atoms with Crippen molar-refractivity contribution in [3.8, 4) is 17.1 Å². The van der Waals surface area contributed by atoms with Crippen LogP contribution in [0.1, 0.15) is 16.2 Å². The first-order chi connectivity index (χ1) is 12.9. The summed E-state index contributed by atoms with van der Waals surface area (Å²) < 4.78 is 47.1. The molecule has 3 rings (SSSR count). The molecule has 1 aromatic heterocycles. The number of nitrogens with zero attached hydrogens (tertiary/aromatic N) is 2. The van der Waals surface area contributed by atoms with E-state index in [4.69, 9.17) is 4.74 Å². The minimum absolute atomic E-state index is 0.163. The lowest BCUT2D eigenvalue weighted by Gasteiger charge is -2.08. The summed E-state index contributed by atoms with van der Waals surface area (Å²) in [7, 11) is 0. The number of aromatic nitrogens is 2. The molecule has 27 heavy (non-hydrogen) atoms. The third-order valence-electron chi connectivity index (χ3n) is 3.47. The summed E-state index contributed by atoms with van der Waals surface area (Å²) in [4.78, 5) is 15.2. The summed E-state index contributed by atoms with van der Waals surface area (Å²) in [5.74, 6) is -1.27. The number of benzene rings is 2. The Morgan fingerprint density at radius 1 is 1.07 bits per heavy atom. The molecule has 1 heterocycles. The fourth-order valence-electron chi connectivity index (χ4n) is 2.18. The number of hydrogen-bond acceptors (Lipinski definition) is 5. The average molecular weight is 377 g/mol. The van der Waals surface area contributed by atoms with Crippen LogP contribution in [0.5, 0.6) is 5.75 Å². The molecule has 1 amide bonds. The Kier molecular flexibility index (Phi) is 5.39. The predicted octanol–water partition coefficient (Wildman–Crippen LogP) is 3.56. The molecule has 0 radical (unpaired) electrons. The molecule has 2 aromatic carbocycles. The molecule has 0 unspecified atom stereocenters. The maximum absolute atomic E-state index is 12.5. The van der Waals surface area contributed by atoms with Crippen LogP contribution in [0.15, 0.2) is 59.1 Å². The number of nitrogens with one attached hydrogen (secondary N) is 1. The zero-order valence-electron chi connectivity index (χ0n) is 13.9. The quantitative estimate of drug-likeness (QED) is 0.665. The molecular weight excluding hydrogens is 363 g/mol. The van der Waals surface area contributed by atoms with E-state index in [0.29, 0.717) is 23.4 Å². The first-order valence-electron chi connectivity index (χ1n) is 7.91. The van der Waals surface area contributed by atoms with Gasteiger partial charge in [-0.2, -0.15) is 18.2 Å². The van der Waals surface area contributed by atoms with E-state index in [1.807, 2.05) is 6.07 Å². The minimum atomic E-state index is -4.68. The Morgan fingerprint density at radius 2 is 1.78 bits per heavy atom. The summed E-state index contributed by atoms with van der Waals surface area (Å²) in [6.45, 7) is 0.535. The van der Waals surface area contributed by atoms with Gasteiger partial charge in [-0.25, -0.2) is 0 Å². The molecule has 0 aliphatic rings. The molecule has 0 saturated carbocycles. The van der Waals surface area contributed by atoms with Crippen molar-refractivity contribution in [2.45, 2.75) is 6.18 Å². The molecule has 0 bridgehead atoms. The number of amides is 1. The fraction of sp³-hybridized carbons (Fsp3) is 0.167. The number of carbonyl (C=O) groups is 1. The lowest BCUT2D eigenvalue weighted by molar-refractivity contribution is -0.159. The van der Waals surface area contributed by atoms with Gasteiger partial charge in [0.15, 0.2) is 0 Å². The van der Waals surface area contributed by atoms with Crippen LogP contribution in [-0.2, 0) is 6.18 Å². The highest BCUT2D eigenvalue weighted by Crippen LogP contribution is 2.29. The molecule has 1 N–H and O–H groups in total. The molecule has 0 saturated heterocycles. The largest absolute Gasteiger partial charge is 0.492 e. The molecule has 0 fully saturated rings. The lowest BCUT2D eigenvalue weighted by Crippen LogP contribution is -2.27. The van der Waals surface area contributed by atoms with E-state index in [1.165, 1.54) is 12.1 Å². The molecule has 0 aliphatic heterocycles. The monoisotopic (exact) mass is 377 g/mol. The van der Waals surface area contributed by atoms with Crippen molar-refractivity contribution in [2.24, 2.45) is 0 Å². The van der Waals surface area contributed by atoms with Crippen molar-refractivity contribution in [1.82, 2.24) is 15.5 Å². The van der Waals surface area contributed by atoms with Gasteiger partial charge in [-0.15, -0.1) is 0 Å². The van der Waals surface area contributed by atoms with Crippen LogP contribution >= 0.6 is 0 Å². The summed E-state index contributed by atoms with van der Waals surface area (Å²) in [6, 6.07) is 14.9. The normalized spacial score (nSPS) is 11.2. The zero-order valence-corrected chi connectivity index (χ0v) is 13.9. The number of rotatable bonds is 6. The van der Waals surface area contributed by atoms with E-state index >= 15 is 0 Å². The number of ether oxygens (including phenoxy) is 1. The third kappa shape index (κ3) is 4.84. The molecule has 3 aromatic rings. The molecule has 6 nitrogen and oxygen atoms in total. The van der Waals surface area contributed by atoms with Crippen LogP contribution < -0.4 is 10.1 Å². The van der Waals surface area contributed by atoms with E-state index < -0.39 is 12.1 Å². The van der Waals surface area contributed by atoms with E-state index in [1.54, 1.807) is 36.4 Å². The van der Waals surface area contributed by atoms with Crippen molar-refractivity contribution in [1.29, 1.82) is 0 Å². The number of halogens is 3. The standard InChI is InChI=1S/C18H14F3N3O3/c19-18(20,21)17-23-15(24-27-17)12-6-8-14(9-7-12)26-11-10-22-16(25)13-4-2-1-3-5-13/h1-9H,10-11H2,(H,22,25). The van der Waals surface area contributed by atoms with Crippen LogP contribution in [-0.4, -0.2) is 29.2 Å². The predicted molar refractivity (Wildman–Crippen MR) is 89.0 cm³/mol. The number of hydrogen-bond donors (Lipinski definition) is 1. The Bertz CT molecular complexity index is 893. The van der Waals surface area contributed by atoms with Gasteiger partial charge in [0.1, 0.15) is 12.4 Å². The van der Waals surface area contributed by atoms with E-state index in [9.17, 15) is 18.0 Å². The van der Waals surface area contributed by atoms with Crippen molar-refractivity contribution in [2.75, 3.05) is 13.2 Å². The Hall–Kier alpha value is -3.36. The summed E-state index contributed by atoms with van der Waals surface area (Å²) >= 11 is 0. The van der Waals surface area contributed by atoms with Gasteiger partial charge in [0.2, 0.25) is 5.82 Å². The first kappa shape index (κ1) is 18.4. The van der Waals surface area contributed by atoms with Crippen molar-refractivity contribution < 1.29 is 27.2 Å². The van der Waals surface area contributed by atoms with Gasteiger partial charge in [-0.1, -0.05) is 23.4 Å². The van der Waals surface area contributed by atoms with Crippen LogP contribution in [0.2, 0.25) is 0 Å². The van der Waals surface area contributed by atoms with Gasteiger partial charge < -0.3 is 14.6 Å². The van der Waals surface area contributed by atoms with Crippen molar-refractivity contribution in [3.63, 3.8) is 0 Å². The highest BCUT2D eigenvalue weighted by atomic mass is 19.4. The van der Waals surface area contributed by atoms with Gasteiger partial charge in [0.25, 0.3) is 5.91 Å². The fourth-order valence-corrected chi connectivity index (χ4v) is 2.18. The average Bonchev–Trinajstić information content (AvgIpc) is 3.17. The molecular formula is C18H14F3N3O3. The SMILES string of the molecule is O=C(NCCOc1ccc(-c2noc(C(F)(F)F)n2)cc1)c1ccccc1. The van der Waals surface area contributed by atoms with Crippen molar-refractivity contribution in [3.05, 3.63) is 66.1 Å². The van der Waals surface area contributed by atoms with Crippen molar-refractivity contribution >= 4 is 5.91 Å².